The quantitative estimate of drug-likeness (QED) is 0.580. The van der Waals surface area contributed by atoms with Crippen molar-refractivity contribution in [1.29, 1.82) is 0 Å². The largest absolute Gasteiger partial charge is 0.327 e. The van der Waals surface area contributed by atoms with Crippen molar-refractivity contribution >= 4 is 0 Å². The average molecular weight is 139 g/mol. The summed E-state index contributed by atoms with van der Waals surface area (Å²) < 4.78 is 0. The molecule has 1 aliphatic carbocycles. The second kappa shape index (κ2) is 2.75. The lowest BCUT2D eigenvalue weighted by molar-refractivity contribution is 0.125. The van der Waals surface area contributed by atoms with Crippen LogP contribution in [0.3, 0.4) is 0 Å². The van der Waals surface area contributed by atoms with E-state index in [1.807, 2.05) is 6.08 Å². The fourth-order valence-corrected chi connectivity index (χ4v) is 1.99. The first-order valence-electron chi connectivity index (χ1n) is 4.05. The molecular formula is C9H17N. The van der Waals surface area contributed by atoms with Crippen LogP contribution in [0.1, 0.15) is 20.3 Å². The fourth-order valence-electron chi connectivity index (χ4n) is 1.99. The van der Waals surface area contributed by atoms with Gasteiger partial charge in [0.05, 0.1) is 0 Å². The zero-order valence-electron chi connectivity index (χ0n) is 6.88. The molecule has 2 unspecified atom stereocenters. The van der Waals surface area contributed by atoms with Crippen LogP contribution < -0.4 is 5.73 Å². The highest BCUT2D eigenvalue weighted by molar-refractivity contribution is 5.01. The van der Waals surface area contributed by atoms with Crippen molar-refractivity contribution in [2.75, 3.05) is 0 Å². The van der Waals surface area contributed by atoms with E-state index in [0.717, 1.165) is 6.42 Å². The summed E-state index contributed by atoms with van der Waals surface area (Å²) in [5.41, 5.74) is 5.84. The lowest BCUT2D eigenvalue weighted by Crippen LogP contribution is -2.49. The van der Waals surface area contributed by atoms with E-state index in [0.29, 0.717) is 23.8 Å². The Morgan fingerprint density at radius 2 is 2.20 bits per heavy atom. The molecule has 0 aromatic heterocycles. The second-order valence-corrected chi connectivity index (χ2v) is 3.62. The maximum atomic E-state index is 5.84. The van der Waals surface area contributed by atoms with Crippen LogP contribution in [-0.2, 0) is 0 Å². The predicted octanol–water partition coefficient (Wildman–Crippen LogP) is 1.79. The van der Waals surface area contributed by atoms with Crippen molar-refractivity contribution in [3.63, 3.8) is 0 Å². The van der Waals surface area contributed by atoms with E-state index in [-0.39, 0.29) is 0 Å². The molecule has 1 aliphatic rings. The third kappa shape index (κ3) is 1.10. The fraction of sp³-hybridized carbons (Fsp3) is 0.778. The van der Waals surface area contributed by atoms with E-state index >= 15 is 0 Å². The zero-order valence-corrected chi connectivity index (χ0v) is 6.88. The van der Waals surface area contributed by atoms with Gasteiger partial charge < -0.3 is 5.73 Å². The van der Waals surface area contributed by atoms with Gasteiger partial charge in [-0.05, 0) is 24.2 Å². The lowest BCUT2D eigenvalue weighted by Gasteiger charge is -2.43. The van der Waals surface area contributed by atoms with Gasteiger partial charge in [-0.1, -0.05) is 19.9 Å². The lowest BCUT2D eigenvalue weighted by atomic mass is 9.65. The summed E-state index contributed by atoms with van der Waals surface area (Å²) in [6.45, 7) is 8.27. The van der Waals surface area contributed by atoms with Crippen LogP contribution in [-0.4, -0.2) is 6.04 Å². The van der Waals surface area contributed by atoms with Crippen LogP contribution >= 0.6 is 0 Å². The maximum Gasteiger partial charge on any atom is 0.00809 e. The molecule has 0 radical (unpaired) electrons. The van der Waals surface area contributed by atoms with Crippen LogP contribution in [0.5, 0.6) is 0 Å². The molecule has 0 spiro atoms. The number of nitrogens with two attached hydrogens (primary N) is 1. The highest BCUT2D eigenvalue weighted by Crippen LogP contribution is 2.38. The summed E-state index contributed by atoms with van der Waals surface area (Å²) in [7, 11) is 0. The van der Waals surface area contributed by atoms with Crippen molar-refractivity contribution in [1.82, 2.24) is 0 Å². The van der Waals surface area contributed by atoms with Gasteiger partial charge in [0.2, 0.25) is 0 Å². The normalized spacial score (nSPS) is 39.4. The summed E-state index contributed by atoms with van der Waals surface area (Å²) in [5.74, 6) is 2.10. The topological polar surface area (TPSA) is 26.0 Å². The van der Waals surface area contributed by atoms with Crippen molar-refractivity contribution in [2.24, 2.45) is 23.5 Å². The molecule has 1 fully saturated rings. The Balaban J connectivity index is 2.47. The molecule has 0 aliphatic heterocycles. The van der Waals surface area contributed by atoms with Gasteiger partial charge in [-0.3, -0.25) is 0 Å². The predicted molar refractivity (Wildman–Crippen MR) is 44.6 cm³/mol. The molecule has 2 N–H and O–H groups in total. The number of rotatable bonds is 2. The highest BCUT2D eigenvalue weighted by atomic mass is 14.7. The van der Waals surface area contributed by atoms with Gasteiger partial charge in [-0.15, -0.1) is 6.58 Å². The number of hydrogen-bond donors (Lipinski definition) is 1. The van der Waals surface area contributed by atoms with E-state index in [4.69, 9.17) is 5.73 Å². The summed E-state index contributed by atoms with van der Waals surface area (Å²) in [6.07, 6.45) is 3.19. The average Bonchev–Trinajstić information content (AvgIpc) is 1.80. The Labute approximate surface area is 63.3 Å². The minimum absolute atomic E-state index is 0.433. The zero-order chi connectivity index (χ0) is 7.72. The standard InChI is InChI=1S/C9H17N/c1-4-7-5-8(10)9(7)6(2)3/h4,6-9H,1,5,10H2,2-3H3/t7?,8-,9?/m1/s1. The van der Waals surface area contributed by atoms with Gasteiger partial charge in [0.1, 0.15) is 0 Å². The molecule has 3 atom stereocenters. The molecule has 0 aromatic carbocycles. The van der Waals surface area contributed by atoms with Crippen LogP contribution in [0.2, 0.25) is 0 Å². The van der Waals surface area contributed by atoms with Crippen LogP contribution in [0, 0.1) is 17.8 Å². The Hall–Kier alpha value is -0.300. The van der Waals surface area contributed by atoms with Gasteiger partial charge >= 0.3 is 0 Å². The Bertz CT molecular complexity index is 124. The molecule has 0 saturated heterocycles. The third-order valence-electron chi connectivity index (χ3n) is 2.61. The molecule has 0 bridgehead atoms. The van der Waals surface area contributed by atoms with E-state index in [1.54, 1.807) is 0 Å². The summed E-state index contributed by atoms with van der Waals surface area (Å²) in [5, 5.41) is 0. The molecule has 1 nitrogen and oxygen atoms in total. The van der Waals surface area contributed by atoms with Gasteiger partial charge in [0, 0.05) is 6.04 Å². The second-order valence-electron chi connectivity index (χ2n) is 3.62. The summed E-state index contributed by atoms with van der Waals surface area (Å²) in [6, 6.07) is 0.433. The van der Waals surface area contributed by atoms with Crippen molar-refractivity contribution in [2.45, 2.75) is 26.3 Å². The Kier molecular flexibility index (Phi) is 2.14. The first-order chi connectivity index (χ1) is 4.66. The summed E-state index contributed by atoms with van der Waals surface area (Å²) in [4.78, 5) is 0. The molecule has 0 amide bonds. The van der Waals surface area contributed by atoms with Crippen LogP contribution in [0.15, 0.2) is 12.7 Å². The van der Waals surface area contributed by atoms with Crippen molar-refractivity contribution in [3.05, 3.63) is 12.7 Å². The van der Waals surface area contributed by atoms with E-state index in [9.17, 15) is 0 Å². The molecule has 1 saturated carbocycles. The van der Waals surface area contributed by atoms with Crippen molar-refractivity contribution in [3.8, 4) is 0 Å². The molecular weight excluding hydrogens is 122 g/mol. The molecule has 1 heteroatoms. The van der Waals surface area contributed by atoms with Gasteiger partial charge in [0.15, 0.2) is 0 Å². The molecule has 58 valence electrons. The minimum atomic E-state index is 0.433. The number of hydrogen-bond acceptors (Lipinski definition) is 1. The number of allylic oxidation sites excluding steroid dienone is 1. The highest BCUT2D eigenvalue weighted by Gasteiger charge is 2.38. The van der Waals surface area contributed by atoms with E-state index in [1.165, 1.54) is 0 Å². The SMILES string of the molecule is C=CC1C[C@@H](N)C1C(C)C. The van der Waals surface area contributed by atoms with E-state index in [2.05, 4.69) is 20.4 Å². The molecule has 1 rings (SSSR count). The van der Waals surface area contributed by atoms with E-state index < -0.39 is 0 Å². The van der Waals surface area contributed by atoms with Gasteiger partial charge in [0.25, 0.3) is 0 Å². The maximum absolute atomic E-state index is 5.84. The Morgan fingerprint density at radius 1 is 1.60 bits per heavy atom. The van der Waals surface area contributed by atoms with Gasteiger partial charge in [-0.2, -0.15) is 0 Å². The van der Waals surface area contributed by atoms with Gasteiger partial charge in [-0.25, -0.2) is 0 Å². The molecule has 0 aromatic rings. The monoisotopic (exact) mass is 139 g/mol. The minimum Gasteiger partial charge on any atom is -0.327 e. The molecule has 0 heterocycles. The van der Waals surface area contributed by atoms with Crippen LogP contribution in [0.25, 0.3) is 0 Å². The third-order valence-corrected chi connectivity index (χ3v) is 2.61. The Morgan fingerprint density at radius 3 is 2.40 bits per heavy atom. The summed E-state index contributed by atoms with van der Waals surface area (Å²) >= 11 is 0. The molecule has 10 heavy (non-hydrogen) atoms. The first kappa shape index (κ1) is 7.80. The van der Waals surface area contributed by atoms with Crippen molar-refractivity contribution < 1.29 is 0 Å². The smallest absolute Gasteiger partial charge is 0.00809 e. The first-order valence-corrected chi connectivity index (χ1v) is 4.05. The van der Waals surface area contributed by atoms with Crippen LogP contribution in [0.4, 0.5) is 0 Å².